The Balaban J connectivity index is 1.90. The van der Waals surface area contributed by atoms with E-state index >= 15 is 0 Å². The molecule has 1 aromatic rings. The van der Waals surface area contributed by atoms with Crippen LogP contribution >= 0.6 is 11.6 Å². The van der Waals surface area contributed by atoms with E-state index in [4.69, 9.17) is 16.3 Å². The molecule has 1 aliphatic rings. The second-order valence-corrected chi connectivity index (χ2v) is 5.84. The molecule has 2 rings (SSSR count). The van der Waals surface area contributed by atoms with Crippen LogP contribution in [0.5, 0.6) is 0 Å². The predicted octanol–water partition coefficient (Wildman–Crippen LogP) is 1.38. The summed E-state index contributed by atoms with van der Waals surface area (Å²) >= 11 is 5.97. The van der Waals surface area contributed by atoms with E-state index in [1.165, 1.54) is 6.20 Å². The van der Waals surface area contributed by atoms with E-state index in [0.717, 1.165) is 6.42 Å². The summed E-state index contributed by atoms with van der Waals surface area (Å²) in [6.07, 6.45) is 1.87. The van der Waals surface area contributed by atoms with Gasteiger partial charge in [-0.25, -0.2) is 9.89 Å². The van der Waals surface area contributed by atoms with Gasteiger partial charge in [0.2, 0.25) is 0 Å². The summed E-state index contributed by atoms with van der Waals surface area (Å²) in [6.45, 7) is 5.62. The van der Waals surface area contributed by atoms with Crippen LogP contribution in [0.2, 0.25) is 5.02 Å². The van der Waals surface area contributed by atoms with Gasteiger partial charge in [0.15, 0.2) is 0 Å². The molecule has 116 valence electrons. The van der Waals surface area contributed by atoms with Crippen LogP contribution in [0.4, 0.5) is 10.5 Å². The van der Waals surface area contributed by atoms with Crippen molar-refractivity contribution in [3.05, 3.63) is 21.6 Å². The SMILES string of the molecule is CC(C)COC(=O)N[C@@H]1CCN(c2cn[nH]c(=O)c2Cl)C1. The van der Waals surface area contributed by atoms with Gasteiger partial charge in [-0.2, -0.15) is 5.10 Å². The Morgan fingerprint density at radius 2 is 2.43 bits per heavy atom. The minimum atomic E-state index is -0.415. The molecule has 1 amide bonds. The number of carbonyl (C=O) groups is 1. The van der Waals surface area contributed by atoms with Crippen LogP contribution in [-0.4, -0.2) is 42.0 Å². The normalized spacial score (nSPS) is 18.1. The molecule has 1 aromatic heterocycles. The topological polar surface area (TPSA) is 87.3 Å². The van der Waals surface area contributed by atoms with Gasteiger partial charge >= 0.3 is 6.09 Å². The molecule has 2 N–H and O–H groups in total. The molecule has 0 bridgehead atoms. The molecule has 1 fully saturated rings. The number of aromatic amines is 1. The fourth-order valence-corrected chi connectivity index (χ4v) is 2.35. The van der Waals surface area contributed by atoms with Gasteiger partial charge in [-0.1, -0.05) is 25.4 Å². The second-order valence-electron chi connectivity index (χ2n) is 5.47. The number of amides is 1. The number of halogens is 1. The van der Waals surface area contributed by atoms with E-state index in [2.05, 4.69) is 15.5 Å². The third-order valence-electron chi connectivity index (χ3n) is 3.18. The molecule has 1 atom stereocenters. The second kappa shape index (κ2) is 6.80. The highest BCUT2D eigenvalue weighted by Crippen LogP contribution is 2.24. The molecule has 1 saturated heterocycles. The van der Waals surface area contributed by atoms with Gasteiger partial charge in [-0.15, -0.1) is 0 Å². The van der Waals surface area contributed by atoms with E-state index in [0.29, 0.717) is 31.3 Å². The van der Waals surface area contributed by atoms with E-state index in [9.17, 15) is 9.59 Å². The smallest absolute Gasteiger partial charge is 0.407 e. The number of ether oxygens (including phenoxy) is 1. The van der Waals surface area contributed by atoms with Crippen molar-refractivity contribution in [2.75, 3.05) is 24.6 Å². The van der Waals surface area contributed by atoms with E-state index < -0.39 is 11.7 Å². The van der Waals surface area contributed by atoms with Gasteiger partial charge in [-0.3, -0.25) is 4.79 Å². The first-order valence-corrected chi connectivity index (χ1v) is 7.26. The quantitative estimate of drug-likeness (QED) is 0.877. The van der Waals surface area contributed by atoms with Gasteiger partial charge < -0.3 is 15.0 Å². The van der Waals surface area contributed by atoms with Gasteiger partial charge in [0.25, 0.3) is 5.56 Å². The molecule has 0 radical (unpaired) electrons. The maximum Gasteiger partial charge on any atom is 0.407 e. The maximum absolute atomic E-state index is 11.6. The first-order valence-electron chi connectivity index (χ1n) is 6.88. The number of nitrogens with zero attached hydrogens (tertiary/aromatic N) is 2. The van der Waals surface area contributed by atoms with Crippen LogP contribution in [0, 0.1) is 5.92 Å². The zero-order chi connectivity index (χ0) is 15.4. The Morgan fingerprint density at radius 3 is 3.14 bits per heavy atom. The van der Waals surface area contributed by atoms with Crippen LogP contribution in [0.1, 0.15) is 20.3 Å². The van der Waals surface area contributed by atoms with E-state index in [1.54, 1.807) is 0 Å². The molecular formula is C13H19ClN4O3. The molecule has 1 aliphatic heterocycles. The van der Waals surface area contributed by atoms with Gasteiger partial charge in [0.1, 0.15) is 5.02 Å². The lowest BCUT2D eigenvalue weighted by Gasteiger charge is -2.19. The van der Waals surface area contributed by atoms with Crippen molar-refractivity contribution >= 4 is 23.4 Å². The molecule has 0 aromatic carbocycles. The highest BCUT2D eigenvalue weighted by Gasteiger charge is 2.26. The minimum Gasteiger partial charge on any atom is -0.449 e. The Bertz CT molecular complexity index is 561. The number of hydrogen-bond donors (Lipinski definition) is 2. The number of rotatable bonds is 4. The number of carbonyl (C=O) groups excluding carboxylic acids is 1. The van der Waals surface area contributed by atoms with Crippen LogP contribution < -0.4 is 15.8 Å². The Morgan fingerprint density at radius 1 is 1.67 bits per heavy atom. The highest BCUT2D eigenvalue weighted by molar-refractivity contribution is 6.33. The van der Waals surface area contributed by atoms with Crippen LogP contribution in [0.25, 0.3) is 0 Å². The Hall–Kier alpha value is -1.76. The molecule has 2 heterocycles. The van der Waals surface area contributed by atoms with Crippen LogP contribution in [0.15, 0.2) is 11.0 Å². The lowest BCUT2D eigenvalue weighted by molar-refractivity contribution is 0.130. The summed E-state index contributed by atoms with van der Waals surface area (Å²) in [6, 6.07) is -0.0278. The third-order valence-corrected chi connectivity index (χ3v) is 3.54. The molecule has 21 heavy (non-hydrogen) atoms. The average Bonchev–Trinajstić information content (AvgIpc) is 2.88. The molecule has 0 spiro atoms. The number of hydrogen-bond acceptors (Lipinski definition) is 5. The number of alkyl carbamates (subject to hydrolysis) is 1. The summed E-state index contributed by atoms with van der Waals surface area (Å²) < 4.78 is 5.09. The van der Waals surface area contributed by atoms with Crippen molar-refractivity contribution in [1.82, 2.24) is 15.5 Å². The van der Waals surface area contributed by atoms with Crippen LogP contribution in [-0.2, 0) is 4.74 Å². The lowest BCUT2D eigenvalue weighted by atomic mass is 10.2. The molecule has 0 aliphatic carbocycles. The van der Waals surface area contributed by atoms with Gasteiger partial charge in [0, 0.05) is 13.1 Å². The largest absolute Gasteiger partial charge is 0.449 e. The van der Waals surface area contributed by atoms with E-state index in [-0.39, 0.29) is 11.1 Å². The molecule has 8 heteroatoms. The third kappa shape index (κ3) is 4.10. The van der Waals surface area contributed by atoms with Crippen molar-refractivity contribution < 1.29 is 9.53 Å². The summed E-state index contributed by atoms with van der Waals surface area (Å²) in [5.41, 5.74) is 0.169. The van der Waals surface area contributed by atoms with Crippen molar-refractivity contribution in [2.45, 2.75) is 26.3 Å². The Labute approximate surface area is 127 Å². The van der Waals surface area contributed by atoms with Gasteiger partial charge in [-0.05, 0) is 12.3 Å². The predicted molar refractivity (Wildman–Crippen MR) is 79.8 cm³/mol. The fourth-order valence-electron chi connectivity index (χ4n) is 2.14. The number of aromatic nitrogens is 2. The summed E-state index contributed by atoms with van der Waals surface area (Å²) in [5.74, 6) is 0.303. The minimum absolute atomic E-state index is 0.0278. The number of H-pyrrole nitrogens is 1. The van der Waals surface area contributed by atoms with Crippen molar-refractivity contribution in [1.29, 1.82) is 0 Å². The van der Waals surface area contributed by atoms with Crippen molar-refractivity contribution in [3.63, 3.8) is 0 Å². The number of nitrogens with one attached hydrogen (secondary N) is 2. The summed E-state index contributed by atoms with van der Waals surface area (Å²) in [5, 5.41) is 8.96. The van der Waals surface area contributed by atoms with E-state index in [1.807, 2.05) is 18.7 Å². The van der Waals surface area contributed by atoms with Crippen molar-refractivity contribution in [3.8, 4) is 0 Å². The zero-order valence-electron chi connectivity index (χ0n) is 12.1. The van der Waals surface area contributed by atoms with Gasteiger partial charge in [0.05, 0.1) is 24.5 Å². The average molecular weight is 315 g/mol. The summed E-state index contributed by atoms with van der Waals surface area (Å²) in [4.78, 5) is 25.0. The summed E-state index contributed by atoms with van der Waals surface area (Å²) in [7, 11) is 0. The lowest BCUT2D eigenvalue weighted by Crippen LogP contribution is -2.38. The fraction of sp³-hybridized carbons (Fsp3) is 0.615. The van der Waals surface area contributed by atoms with Crippen LogP contribution in [0.3, 0.4) is 0 Å². The molecule has 0 saturated carbocycles. The molecular weight excluding hydrogens is 296 g/mol. The van der Waals surface area contributed by atoms with Crippen molar-refractivity contribution in [2.24, 2.45) is 5.92 Å². The monoisotopic (exact) mass is 314 g/mol. The maximum atomic E-state index is 11.6. The molecule has 0 unspecified atom stereocenters. The standard InChI is InChI=1S/C13H19ClN4O3/c1-8(2)7-21-13(20)16-9-3-4-18(6-9)10-5-15-17-12(19)11(10)14/h5,8-9H,3-4,6-7H2,1-2H3,(H,16,20)(H,17,19)/t9-/m1/s1. The zero-order valence-corrected chi connectivity index (χ0v) is 12.8. The highest BCUT2D eigenvalue weighted by atomic mass is 35.5. The Kier molecular flexibility index (Phi) is 5.06. The number of anilines is 1. The molecule has 7 nitrogen and oxygen atoms in total. The first-order chi connectivity index (χ1) is 9.97. The first kappa shape index (κ1) is 15.6.